The van der Waals surface area contributed by atoms with Crippen LogP contribution in [0.1, 0.15) is 44.2 Å². The molecule has 2 aliphatic rings. The van der Waals surface area contributed by atoms with Crippen LogP contribution in [0.3, 0.4) is 0 Å². The van der Waals surface area contributed by atoms with Gasteiger partial charge < -0.3 is 9.64 Å². The summed E-state index contributed by atoms with van der Waals surface area (Å²) in [7, 11) is 0. The molecule has 2 aromatic rings. The minimum atomic E-state index is -0.168. The number of aryl methyl sites for hydroxylation is 1. The van der Waals surface area contributed by atoms with E-state index in [0.717, 1.165) is 31.5 Å². The van der Waals surface area contributed by atoms with E-state index < -0.39 is 0 Å². The first kappa shape index (κ1) is 23.9. The second-order valence-electron chi connectivity index (χ2n) is 8.64. The van der Waals surface area contributed by atoms with Crippen molar-refractivity contribution in [2.75, 3.05) is 37.7 Å². The molecule has 2 aliphatic heterocycles. The fourth-order valence-corrected chi connectivity index (χ4v) is 5.42. The Kier molecular flexibility index (Phi) is 7.51. The summed E-state index contributed by atoms with van der Waals surface area (Å²) < 4.78 is 7.47. The fraction of sp³-hybridized carbons (Fsp3) is 0.500. The Hall–Kier alpha value is -2.23. The molecule has 0 spiro atoms. The first-order valence-electron chi connectivity index (χ1n) is 11.5. The number of carbonyl (C=O) groups is 1. The number of thioether (sulfide) groups is 1. The van der Waals surface area contributed by atoms with Gasteiger partial charge in [-0.15, -0.1) is 0 Å². The zero-order valence-electron chi connectivity index (χ0n) is 19.4. The number of anilines is 1. The summed E-state index contributed by atoms with van der Waals surface area (Å²) in [5.74, 6) is 1.15. The van der Waals surface area contributed by atoms with Crippen LogP contribution < -0.4 is 10.5 Å². The van der Waals surface area contributed by atoms with Gasteiger partial charge in [-0.3, -0.25) is 18.9 Å². The highest BCUT2D eigenvalue weighted by Crippen LogP contribution is 2.34. The van der Waals surface area contributed by atoms with Crippen molar-refractivity contribution in [3.05, 3.63) is 44.7 Å². The summed E-state index contributed by atoms with van der Waals surface area (Å²) >= 11 is 6.71. The molecule has 1 amide bonds. The molecule has 2 saturated heterocycles. The standard InChI is InChI=1S/C24H30N4O3S2/c1-4-31-13-5-10-27-23(30)19(33-24(27)32)14-18-21(26-11-8-16(2)9-12-26)25-20-7-6-17(3)15-28(20)22(18)29/h6-7,14-16H,4-5,8-13H2,1-3H3. The maximum absolute atomic E-state index is 13.6. The average molecular weight is 487 g/mol. The van der Waals surface area contributed by atoms with E-state index in [0.29, 0.717) is 58.4 Å². The van der Waals surface area contributed by atoms with E-state index in [2.05, 4.69) is 11.8 Å². The molecule has 33 heavy (non-hydrogen) atoms. The third kappa shape index (κ3) is 5.15. The zero-order chi connectivity index (χ0) is 23.5. The van der Waals surface area contributed by atoms with Gasteiger partial charge in [0.15, 0.2) is 0 Å². The number of fused-ring (bicyclic) bond motifs is 1. The van der Waals surface area contributed by atoms with Gasteiger partial charge in [-0.1, -0.05) is 37.0 Å². The molecule has 0 atom stereocenters. The van der Waals surface area contributed by atoms with E-state index in [-0.39, 0.29) is 11.5 Å². The largest absolute Gasteiger partial charge is 0.382 e. The number of piperidine rings is 1. The Bertz CT molecular complexity index is 1150. The Labute approximate surface area is 203 Å². The van der Waals surface area contributed by atoms with Crippen LogP contribution in [0.25, 0.3) is 11.7 Å². The Balaban J connectivity index is 1.72. The SMILES string of the molecule is CCOCCCN1C(=O)C(=Cc2c(N3CCC(C)CC3)nc3ccc(C)cn3c2=O)SC1=S. The van der Waals surface area contributed by atoms with Crippen molar-refractivity contribution in [3.8, 4) is 0 Å². The molecule has 0 N–H and O–H groups in total. The number of hydrogen-bond acceptors (Lipinski definition) is 7. The molecule has 7 nitrogen and oxygen atoms in total. The molecule has 0 saturated carbocycles. The molecule has 2 aromatic heterocycles. The lowest BCUT2D eigenvalue weighted by Gasteiger charge is -2.32. The topological polar surface area (TPSA) is 67.2 Å². The van der Waals surface area contributed by atoms with Gasteiger partial charge in [-0.2, -0.15) is 0 Å². The summed E-state index contributed by atoms with van der Waals surface area (Å²) in [6.45, 7) is 9.56. The highest BCUT2D eigenvalue weighted by molar-refractivity contribution is 8.26. The summed E-state index contributed by atoms with van der Waals surface area (Å²) in [4.78, 5) is 35.8. The maximum Gasteiger partial charge on any atom is 0.267 e. The molecule has 0 aromatic carbocycles. The van der Waals surface area contributed by atoms with Gasteiger partial charge in [-0.05, 0) is 56.7 Å². The number of aromatic nitrogens is 2. The van der Waals surface area contributed by atoms with Gasteiger partial charge in [0.2, 0.25) is 0 Å². The van der Waals surface area contributed by atoms with Crippen molar-refractivity contribution in [1.29, 1.82) is 0 Å². The summed E-state index contributed by atoms with van der Waals surface area (Å²) in [6, 6.07) is 3.82. The summed E-state index contributed by atoms with van der Waals surface area (Å²) in [5, 5.41) is 0. The van der Waals surface area contributed by atoms with Crippen LogP contribution in [0.2, 0.25) is 0 Å². The maximum atomic E-state index is 13.6. The van der Waals surface area contributed by atoms with Gasteiger partial charge in [0, 0.05) is 39.0 Å². The third-order valence-corrected chi connectivity index (χ3v) is 7.47. The van der Waals surface area contributed by atoms with Gasteiger partial charge in [-0.25, -0.2) is 4.98 Å². The van der Waals surface area contributed by atoms with E-state index >= 15 is 0 Å². The monoisotopic (exact) mass is 486 g/mol. The first-order valence-corrected chi connectivity index (χ1v) is 12.7. The van der Waals surface area contributed by atoms with E-state index in [1.165, 1.54) is 11.8 Å². The van der Waals surface area contributed by atoms with Crippen LogP contribution in [0, 0.1) is 12.8 Å². The molecule has 0 bridgehead atoms. The number of amides is 1. The van der Waals surface area contributed by atoms with Gasteiger partial charge >= 0.3 is 0 Å². The molecular weight excluding hydrogens is 456 g/mol. The number of ether oxygens (including phenoxy) is 1. The number of rotatable bonds is 7. The molecule has 0 aliphatic carbocycles. The number of carbonyl (C=O) groups excluding carboxylic acids is 1. The predicted molar refractivity (Wildman–Crippen MR) is 138 cm³/mol. The minimum Gasteiger partial charge on any atom is -0.382 e. The highest BCUT2D eigenvalue weighted by atomic mass is 32.2. The van der Waals surface area contributed by atoms with Gasteiger partial charge in [0.25, 0.3) is 11.5 Å². The normalized spacial score (nSPS) is 18.8. The number of pyridine rings is 1. The van der Waals surface area contributed by atoms with Crippen LogP contribution in [-0.4, -0.2) is 57.4 Å². The second kappa shape index (κ2) is 10.4. The third-order valence-electron chi connectivity index (χ3n) is 6.09. The summed E-state index contributed by atoms with van der Waals surface area (Å²) in [5.41, 5.74) is 1.86. The van der Waals surface area contributed by atoms with Crippen LogP contribution in [0.5, 0.6) is 0 Å². The van der Waals surface area contributed by atoms with Crippen LogP contribution in [-0.2, 0) is 9.53 Å². The summed E-state index contributed by atoms with van der Waals surface area (Å²) in [6.07, 6.45) is 6.30. The van der Waals surface area contributed by atoms with Crippen LogP contribution >= 0.6 is 24.0 Å². The van der Waals surface area contributed by atoms with Crippen molar-refractivity contribution >= 4 is 51.7 Å². The quantitative estimate of drug-likeness (QED) is 0.334. The van der Waals surface area contributed by atoms with E-state index in [9.17, 15) is 9.59 Å². The second-order valence-corrected chi connectivity index (χ2v) is 10.3. The van der Waals surface area contributed by atoms with Crippen molar-refractivity contribution in [2.45, 2.75) is 40.0 Å². The molecule has 0 radical (unpaired) electrons. The Morgan fingerprint density at radius 3 is 2.76 bits per heavy atom. The van der Waals surface area contributed by atoms with E-state index in [1.807, 2.05) is 26.0 Å². The van der Waals surface area contributed by atoms with Crippen molar-refractivity contribution in [3.63, 3.8) is 0 Å². The highest BCUT2D eigenvalue weighted by Gasteiger charge is 2.32. The molecule has 0 unspecified atom stereocenters. The van der Waals surface area contributed by atoms with Gasteiger partial charge in [0.1, 0.15) is 15.8 Å². The fourth-order valence-electron chi connectivity index (χ4n) is 4.13. The van der Waals surface area contributed by atoms with Crippen LogP contribution in [0.15, 0.2) is 28.0 Å². The van der Waals surface area contributed by atoms with Gasteiger partial charge in [0.05, 0.1) is 10.5 Å². The lowest BCUT2D eigenvalue weighted by molar-refractivity contribution is -0.122. The smallest absolute Gasteiger partial charge is 0.267 e. The van der Waals surface area contributed by atoms with E-state index in [4.69, 9.17) is 21.9 Å². The molecule has 9 heteroatoms. The molecule has 4 heterocycles. The van der Waals surface area contributed by atoms with E-state index in [1.54, 1.807) is 21.6 Å². The number of nitrogens with zero attached hydrogens (tertiary/aromatic N) is 4. The molecular formula is C24H30N4O3S2. The Morgan fingerprint density at radius 2 is 2.03 bits per heavy atom. The molecule has 2 fully saturated rings. The first-order chi connectivity index (χ1) is 15.9. The minimum absolute atomic E-state index is 0.159. The predicted octanol–water partition coefficient (Wildman–Crippen LogP) is 3.87. The average Bonchev–Trinajstić information content (AvgIpc) is 3.06. The van der Waals surface area contributed by atoms with Crippen molar-refractivity contribution in [2.24, 2.45) is 5.92 Å². The lowest BCUT2D eigenvalue weighted by Crippen LogP contribution is -2.36. The number of hydrogen-bond donors (Lipinski definition) is 0. The molecule has 176 valence electrons. The molecule has 4 rings (SSSR count). The number of thiocarbonyl (C=S) groups is 1. The lowest BCUT2D eigenvalue weighted by atomic mass is 9.99. The van der Waals surface area contributed by atoms with Crippen LogP contribution in [0.4, 0.5) is 5.82 Å². The van der Waals surface area contributed by atoms with Crippen molar-refractivity contribution < 1.29 is 9.53 Å². The Morgan fingerprint density at radius 1 is 1.27 bits per heavy atom. The van der Waals surface area contributed by atoms with Crippen molar-refractivity contribution in [1.82, 2.24) is 14.3 Å². The zero-order valence-corrected chi connectivity index (χ0v) is 21.0.